The lowest BCUT2D eigenvalue weighted by molar-refractivity contribution is -0.139. The fraction of sp³-hybridized carbons (Fsp3) is 0.481. The van der Waals surface area contributed by atoms with Gasteiger partial charge in [-0.1, -0.05) is 49.2 Å². The van der Waals surface area contributed by atoms with Gasteiger partial charge in [0.05, 0.1) is 11.9 Å². The van der Waals surface area contributed by atoms with Gasteiger partial charge in [-0.2, -0.15) is 0 Å². The highest BCUT2D eigenvalue weighted by atomic mass is 32.2. The molecule has 1 aliphatic carbocycles. The second kappa shape index (κ2) is 11.2. The van der Waals surface area contributed by atoms with Gasteiger partial charge in [0.15, 0.2) is 0 Å². The van der Waals surface area contributed by atoms with Gasteiger partial charge in [0.2, 0.25) is 21.8 Å². The molecule has 0 heterocycles. The Morgan fingerprint density at radius 1 is 1.00 bits per heavy atom. The number of carbonyl (C=O) groups excluding carboxylic acids is 2. The van der Waals surface area contributed by atoms with Crippen LogP contribution >= 0.6 is 0 Å². The van der Waals surface area contributed by atoms with Crippen LogP contribution in [0.25, 0.3) is 0 Å². The molecule has 3 rings (SSSR count). The minimum atomic E-state index is -3.75. The second-order valence-electron chi connectivity index (χ2n) is 9.60. The first-order valence-corrected chi connectivity index (χ1v) is 14.0. The van der Waals surface area contributed by atoms with Gasteiger partial charge in [0.25, 0.3) is 0 Å². The smallest absolute Gasteiger partial charge is 0.244 e. The van der Waals surface area contributed by atoms with E-state index < -0.39 is 22.0 Å². The molecule has 1 aliphatic rings. The summed E-state index contributed by atoms with van der Waals surface area (Å²) in [7, 11) is -3.75. The van der Waals surface area contributed by atoms with Crippen LogP contribution < -0.4 is 9.62 Å². The first kappa shape index (κ1) is 26.7. The summed E-state index contributed by atoms with van der Waals surface area (Å²) >= 11 is 0. The lowest BCUT2D eigenvalue weighted by atomic mass is 10.1. The van der Waals surface area contributed by atoms with Gasteiger partial charge in [-0.25, -0.2) is 8.42 Å². The summed E-state index contributed by atoms with van der Waals surface area (Å²) in [6.45, 7) is 7.26. The van der Waals surface area contributed by atoms with Crippen LogP contribution in [0.5, 0.6) is 0 Å². The Hall–Kier alpha value is -2.87. The summed E-state index contributed by atoms with van der Waals surface area (Å²) in [6, 6.07) is 12.5. The number of aryl methyl sites for hydroxylation is 2. The van der Waals surface area contributed by atoms with Gasteiger partial charge >= 0.3 is 0 Å². The number of hydrogen-bond donors (Lipinski definition) is 1. The van der Waals surface area contributed by atoms with E-state index in [1.165, 1.54) is 4.90 Å². The van der Waals surface area contributed by atoms with Crippen LogP contribution in [0, 0.1) is 20.8 Å². The topological polar surface area (TPSA) is 86.8 Å². The minimum absolute atomic E-state index is 0.128. The van der Waals surface area contributed by atoms with E-state index in [9.17, 15) is 18.0 Å². The Morgan fingerprint density at radius 3 is 2.26 bits per heavy atom. The van der Waals surface area contributed by atoms with Crippen LogP contribution in [0.15, 0.2) is 42.5 Å². The molecule has 8 heteroatoms. The highest BCUT2D eigenvalue weighted by Gasteiger charge is 2.32. The third-order valence-corrected chi connectivity index (χ3v) is 8.12. The number of amides is 2. The van der Waals surface area contributed by atoms with E-state index >= 15 is 0 Å². The third kappa shape index (κ3) is 6.63. The third-order valence-electron chi connectivity index (χ3n) is 6.99. The van der Waals surface area contributed by atoms with E-state index in [0.29, 0.717) is 5.69 Å². The lowest BCUT2D eigenvalue weighted by Gasteiger charge is -2.33. The summed E-state index contributed by atoms with van der Waals surface area (Å²) in [5.41, 5.74) is 4.12. The highest BCUT2D eigenvalue weighted by molar-refractivity contribution is 7.92. The number of carbonyl (C=O) groups is 2. The molecule has 190 valence electrons. The van der Waals surface area contributed by atoms with E-state index in [1.54, 1.807) is 19.1 Å². The van der Waals surface area contributed by atoms with Gasteiger partial charge in [-0.15, -0.1) is 0 Å². The van der Waals surface area contributed by atoms with E-state index in [0.717, 1.165) is 58.5 Å². The molecular weight excluding hydrogens is 462 g/mol. The molecule has 2 amide bonds. The maximum Gasteiger partial charge on any atom is 0.244 e. The van der Waals surface area contributed by atoms with Crippen molar-refractivity contribution in [2.24, 2.45) is 0 Å². The number of benzene rings is 2. The molecule has 0 radical (unpaired) electrons. The van der Waals surface area contributed by atoms with Crippen molar-refractivity contribution in [3.8, 4) is 0 Å². The molecule has 1 fully saturated rings. The van der Waals surface area contributed by atoms with Gasteiger partial charge in [-0.05, 0) is 68.9 Å². The molecular formula is C27H37N3O4S. The fourth-order valence-electron chi connectivity index (χ4n) is 4.55. The quantitative estimate of drug-likeness (QED) is 0.568. The first-order chi connectivity index (χ1) is 16.5. The van der Waals surface area contributed by atoms with E-state index in [2.05, 4.69) is 5.32 Å². The zero-order chi connectivity index (χ0) is 25.8. The summed E-state index contributed by atoms with van der Waals surface area (Å²) in [5, 5.41) is 3.08. The molecule has 0 saturated heterocycles. The van der Waals surface area contributed by atoms with Crippen LogP contribution in [0.1, 0.15) is 54.9 Å². The Balaban J connectivity index is 1.92. The van der Waals surface area contributed by atoms with Gasteiger partial charge in [-0.3, -0.25) is 13.9 Å². The number of nitrogens with one attached hydrogen (secondary N) is 1. The molecule has 2 aromatic rings. The predicted molar refractivity (Wildman–Crippen MR) is 140 cm³/mol. The summed E-state index contributed by atoms with van der Waals surface area (Å²) in [6.07, 6.45) is 5.16. The fourth-order valence-corrected chi connectivity index (χ4v) is 5.45. The Morgan fingerprint density at radius 2 is 1.63 bits per heavy atom. The van der Waals surface area contributed by atoms with Crippen molar-refractivity contribution in [2.45, 2.75) is 72.0 Å². The van der Waals surface area contributed by atoms with Crippen LogP contribution in [0.3, 0.4) is 0 Å². The van der Waals surface area contributed by atoms with Crippen LogP contribution in [-0.2, 0) is 26.2 Å². The molecule has 0 aliphatic heterocycles. The summed E-state index contributed by atoms with van der Waals surface area (Å²) in [5.74, 6) is -0.634. The maximum absolute atomic E-state index is 13.7. The largest absolute Gasteiger partial charge is 0.352 e. The normalized spacial score (nSPS) is 15.0. The molecule has 0 bridgehead atoms. The Bertz CT molecular complexity index is 1170. The molecule has 7 nitrogen and oxygen atoms in total. The number of anilines is 1. The second-order valence-corrected chi connectivity index (χ2v) is 11.5. The number of hydrogen-bond acceptors (Lipinski definition) is 4. The zero-order valence-corrected chi connectivity index (χ0v) is 22.2. The van der Waals surface area contributed by atoms with Crippen LogP contribution in [0.2, 0.25) is 0 Å². The van der Waals surface area contributed by atoms with Crippen molar-refractivity contribution < 1.29 is 18.0 Å². The van der Waals surface area contributed by atoms with Gasteiger partial charge in [0.1, 0.15) is 12.6 Å². The molecule has 2 aromatic carbocycles. The van der Waals surface area contributed by atoms with Gasteiger partial charge in [0, 0.05) is 12.6 Å². The molecule has 0 aromatic heterocycles. The van der Waals surface area contributed by atoms with E-state index in [4.69, 9.17) is 0 Å². The SMILES string of the molecule is Cc1ccccc1CN(C(=O)CN(c1cccc(C)c1C)S(C)(=O)=O)[C@H](C)C(=O)NC1CCCC1. The van der Waals surface area contributed by atoms with E-state index in [-0.39, 0.29) is 25.0 Å². The molecule has 0 spiro atoms. The predicted octanol–water partition coefficient (Wildman–Crippen LogP) is 3.85. The molecule has 1 atom stereocenters. The highest BCUT2D eigenvalue weighted by Crippen LogP contribution is 2.26. The van der Waals surface area contributed by atoms with Crippen molar-refractivity contribution in [1.29, 1.82) is 0 Å². The van der Waals surface area contributed by atoms with Gasteiger partial charge < -0.3 is 10.2 Å². The standard InChI is InChI=1S/C27H37N3O4S/c1-19-12-10-16-25(21(19)3)30(35(5,33)34)18-26(31)29(17-23-13-7-6-11-20(23)2)22(4)27(32)28-24-14-8-9-15-24/h6-7,10-13,16,22,24H,8-9,14-15,17-18H2,1-5H3,(H,28,32)/t22-/m1/s1. The molecule has 35 heavy (non-hydrogen) atoms. The zero-order valence-electron chi connectivity index (χ0n) is 21.4. The first-order valence-electron chi connectivity index (χ1n) is 12.2. The van der Waals surface area contributed by atoms with Crippen molar-refractivity contribution in [3.63, 3.8) is 0 Å². The summed E-state index contributed by atoms with van der Waals surface area (Å²) in [4.78, 5) is 28.3. The van der Waals surface area contributed by atoms with Crippen LogP contribution in [0.4, 0.5) is 5.69 Å². The number of nitrogens with zero attached hydrogens (tertiary/aromatic N) is 2. The lowest BCUT2D eigenvalue weighted by Crippen LogP contribution is -2.52. The van der Waals surface area contributed by atoms with Crippen molar-refractivity contribution in [3.05, 3.63) is 64.7 Å². The van der Waals surface area contributed by atoms with Crippen LogP contribution in [-0.4, -0.2) is 50.0 Å². The maximum atomic E-state index is 13.7. The van der Waals surface area contributed by atoms with Crippen molar-refractivity contribution in [1.82, 2.24) is 10.2 Å². The number of rotatable bonds is 9. The minimum Gasteiger partial charge on any atom is -0.352 e. The van der Waals surface area contributed by atoms with Crippen molar-refractivity contribution in [2.75, 3.05) is 17.1 Å². The van der Waals surface area contributed by atoms with Crippen molar-refractivity contribution >= 4 is 27.5 Å². The molecule has 1 saturated carbocycles. The average Bonchev–Trinajstić information content (AvgIpc) is 3.30. The monoisotopic (exact) mass is 499 g/mol. The Labute approximate surface area is 209 Å². The van der Waals surface area contributed by atoms with E-state index in [1.807, 2.05) is 51.1 Å². The summed E-state index contributed by atoms with van der Waals surface area (Å²) < 4.78 is 26.7. The molecule has 0 unspecified atom stereocenters. The average molecular weight is 500 g/mol. The number of sulfonamides is 1. The Kier molecular flexibility index (Phi) is 8.59. The molecule has 1 N–H and O–H groups in total.